The van der Waals surface area contributed by atoms with Gasteiger partial charge in [0.2, 0.25) is 0 Å². The number of carbonyl (C=O) groups is 3. The Labute approximate surface area is 288 Å². The second-order valence-corrected chi connectivity index (χ2v) is 18.1. The summed E-state index contributed by atoms with van der Waals surface area (Å²) in [7, 11) is 0. The number of ketones is 2. The van der Waals surface area contributed by atoms with Crippen molar-refractivity contribution in [1.82, 2.24) is 0 Å². The van der Waals surface area contributed by atoms with Crippen LogP contribution in [0.4, 0.5) is 0 Å². The van der Waals surface area contributed by atoms with E-state index in [0.29, 0.717) is 54.5 Å². The monoisotopic (exact) mass is 652 g/mol. The quantitative estimate of drug-likeness (QED) is 0.161. The molecule has 258 valence electrons. The minimum Gasteiger partial charge on any atom is -0.458 e. The van der Waals surface area contributed by atoms with Gasteiger partial charge in [0.25, 0.3) is 0 Å². The van der Waals surface area contributed by atoms with Crippen LogP contribution < -0.4 is 0 Å². The van der Waals surface area contributed by atoms with Gasteiger partial charge >= 0.3 is 5.97 Å². The van der Waals surface area contributed by atoms with Crippen LogP contribution in [0.3, 0.4) is 0 Å². The molecule has 4 saturated carbocycles. The first-order valence-corrected chi connectivity index (χ1v) is 19.0. The summed E-state index contributed by atoms with van der Waals surface area (Å²) in [6.07, 6.45) is 29.4. The molecule has 5 unspecified atom stereocenters. The molecule has 1 heterocycles. The lowest BCUT2D eigenvalue weighted by atomic mass is 9.50. The Bertz CT molecular complexity index is 1660. The standard InChI is InChI=1S/C22H28O3.C21H26O2.H2/c1-20-9-5-15(23)13-14(20)3-4-16-17(20)6-10-21(2)18(16)7-11-22(21)12-8-19(24)25-22;1-4-21(23)12-9-18-16-6-5-14-13-15(22)7-10-19(14,2)17(16)8-11-20(18,21)3;/h6,13,16,18H,3-5,7-12H2,1-2H3;1,8,13,16,18,23H,5-7,9-12H2,2-3H3;1H/t16?,18?,20-,21-,22?;16?,18?,19-,20-,21-;/m00./s1. The topological polar surface area (TPSA) is 80.7 Å². The lowest BCUT2D eigenvalue weighted by molar-refractivity contribution is -0.160. The minimum atomic E-state index is -0.959. The van der Waals surface area contributed by atoms with Crippen molar-refractivity contribution < 1.29 is 25.7 Å². The Balaban J connectivity index is 0.000000152. The summed E-state index contributed by atoms with van der Waals surface area (Å²) in [6.45, 7) is 9.27. The van der Waals surface area contributed by atoms with Crippen LogP contribution in [0.15, 0.2) is 46.6 Å². The second-order valence-electron chi connectivity index (χ2n) is 18.1. The summed E-state index contributed by atoms with van der Waals surface area (Å²) in [5, 5.41) is 11.0. The Morgan fingerprint density at radius 2 is 1.23 bits per heavy atom. The van der Waals surface area contributed by atoms with Crippen LogP contribution in [0.25, 0.3) is 0 Å². The van der Waals surface area contributed by atoms with E-state index in [9.17, 15) is 19.5 Å². The summed E-state index contributed by atoms with van der Waals surface area (Å²) in [6, 6.07) is 0. The third-order valence-electron chi connectivity index (χ3n) is 16.4. The van der Waals surface area contributed by atoms with Crippen LogP contribution in [0.5, 0.6) is 0 Å². The highest BCUT2D eigenvalue weighted by atomic mass is 16.6. The van der Waals surface area contributed by atoms with Crippen molar-refractivity contribution >= 4 is 17.5 Å². The predicted molar refractivity (Wildman–Crippen MR) is 187 cm³/mol. The van der Waals surface area contributed by atoms with E-state index in [0.717, 1.165) is 77.0 Å². The molecule has 5 fully saturated rings. The third-order valence-corrected chi connectivity index (χ3v) is 16.4. The maximum absolute atomic E-state index is 11.9. The Morgan fingerprint density at radius 1 is 0.708 bits per heavy atom. The normalized spacial score (nSPS) is 48.5. The predicted octanol–water partition coefficient (Wildman–Crippen LogP) is 8.56. The van der Waals surface area contributed by atoms with Crippen LogP contribution in [-0.2, 0) is 19.1 Å². The van der Waals surface area contributed by atoms with Gasteiger partial charge in [-0.25, -0.2) is 0 Å². The summed E-state index contributed by atoms with van der Waals surface area (Å²) in [5.74, 6) is 5.54. The van der Waals surface area contributed by atoms with Gasteiger partial charge in [0.05, 0.1) is 0 Å². The summed E-state index contributed by atoms with van der Waals surface area (Å²) >= 11 is 0. The molecule has 1 N–H and O–H groups in total. The summed E-state index contributed by atoms with van der Waals surface area (Å²) in [4.78, 5) is 35.6. The molecule has 0 aromatic heterocycles. The number of rotatable bonds is 0. The molecular formula is C43H56O5. The first-order chi connectivity index (χ1) is 22.7. The first-order valence-electron chi connectivity index (χ1n) is 19.0. The molecule has 1 spiro atoms. The van der Waals surface area contributed by atoms with Gasteiger partial charge in [0.15, 0.2) is 11.6 Å². The molecule has 48 heavy (non-hydrogen) atoms. The van der Waals surface area contributed by atoms with E-state index in [4.69, 9.17) is 11.2 Å². The largest absolute Gasteiger partial charge is 0.458 e. The maximum atomic E-state index is 11.9. The van der Waals surface area contributed by atoms with E-state index in [1.54, 1.807) is 5.57 Å². The van der Waals surface area contributed by atoms with Gasteiger partial charge in [-0.2, -0.15) is 0 Å². The number of ether oxygens (including phenoxy) is 1. The molecule has 0 aromatic rings. The van der Waals surface area contributed by atoms with Gasteiger partial charge in [-0.05, 0) is 119 Å². The number of fused-ring (bicyclic) bond motifs is 11. The van der Waals surface area contributed by atoms with Gasteiger partial charge in [0.1, 0.15) is 11.2 Å². The maximum Gasteiger partial charge on any atom is 0.306 e. The SMILES string of the molecule is C#C[C@]1(O)CCC2C3CCC4=CC(=O)CC[C@]4(C)C3=CC[C@@]21C.C[C@]12CCC(=O)C=C1CCC1C2=CC[C@@]2(C)C1CCC21CCC(=O)O1.[HH]. The molecule has 0 radical (unpaired) electrons. The van der Waals surface area contributed by atoms with Crippen molar-refractivity contribution in [2.75, 3.05) is 0 Å². The van der Waals surface area contributed by atoms with Gasteiger partial charge in [0, 0.05) is 42.3 Å². The molecule has 1 aliphatic heterocycles. The van der Waals surface area contributed by atoms with Crippen molar-refractivity contribution in [3.63, 3.8) is 0 Å². The van der Waals surface area contributed by atoms with E-state index in [2.05, 4.69) is 45.8 Å². The molecular weight excluding hydrogens is 596 g/mol. The number of aliphatic hydroxyl groups is 1. The lowest BCUT2D eigenvalue weighted by Crippen LogP contribution is -2.50. The number of terminal acetylenes is 1. The van der Waals surface area contributed by atoms with E-state index < -0.39 is 5.60 Å². The van der Waals surface area contributed by atoms with Crippen molar-refractivity contribution in [3.8, 4) is 12.3 Å². The Morgan fingerprint density at radius 3 is 1.75 bits per heavy atom. The van der Waals surface area contributed by atoms with Crippen LogP contribution >= 0.6 is 0 Å². The van der Waals surface area contributed by atoms with Gasteiger partial charge in [-0.3, -0.25) is 14.4 Å². The Kier molecular flexibility index (Phi) is 7.21. The highest BCUT2D eigenvalue weighted by molar-refractivity contribution is 5.92. The van der Waals surface area contributed by atoms with E-state index in [-0.39, 0.29) is 34.7 Å². The fourth-order valence-electron chi connectivity index (χ4n) is 13.3. The average Bonchev–Trinajstić information content (AvgIpc) is 3.68. The molecule has 0 bridgehead atoms. The number of esters is 1. The fourth-order valence-corrected chi connectivity index (χ4v) is 13.3. The van der Waals surface area contributed by atoms with Crippen LogP contribution in [0.2, 0.25) is 0 Å². The van der Waals surface area contributed by atoms with E-state index in [1.165, 1.54) is 23.1 Å². The smallest absolute Gasteiger partial charge is 0.306 e. The average molecular weight is 653 g/mol. The van der Waals surface area contributed by atoms with Crippen LogP contribution in [0.1, 0.15) is 132 Å². The number of allylic oxidation sites excluding steroid dienone is 8. The number of hydrogen-bond donors (Lipinski definition) is 1. The number of carbonyl (C=O) groups excluding carboxylic acids is 3. The Hall–Kier alpha value is -2.71. The minimum absolute atomic E-state index is 0. The van der Waals surface area contributed by atoms with Gasteiger partial charge in [-0.1, -0.05) is 68.1 Å². The second kappa shape index (κ2) is 10.6. The summed E-state index contributed by atoms with van der Waals surface area (Å²) in [5.41, 5.74) is 4.73. The summed E-state index contributed by atoms with van der Waals surface area (Å²) < 4.78 is 5.98. The molecule has 0 amide bonds. The van der Waals surface area contributed by atoms with Crippen LogP contribution in [-0.4, -0.2) is 33.8 Å². The van der Waals surface area contributed by atoms with Gasteiger partial charge in [-0.15, -0.1) is 6.42 Å². The first kappa shape index (κ1) is 32.5. The fraction of sp³-hybridized carbons (Fsp3) is 0.698. The van der Waals surface area contributed by atoms with Crippen molar-refractivity contribution in [3.05, 3.63) is 46.6 Å². The zero-order valence-electron chi connectivity index (χ0n) is 29.6. The molecule has 10 atom stereocenters. The van der Waals surface area contributed by atoms with Crippen molar-refractivity contribution in [2.24, 2.45) is 45.3 Å². The molecule has 9 aliphatic rings. The molecule has 5 nitrogen and oxygen atoms in total. The van der Waals surface area contributed by atoms with E-state index in [1.807, 2.05) is 12.2 Å². The molecule has 5 heteroatoms. The highest BCUT2D eigenvalue weighted by Crippen LogP contribution is 2.68. The molecule has 8 aliphatic carbocycles. The molecule has 1 saturated heterocycles. The van der Waals surface area contributed by atoms with Crippen molar-refractivity contribution in [2.45, 2.75) is 142 Å². The third kappa shape index (κ3) is 4.23. The van der Waals surface area contributed by atoms with Crippen LogP contribution in [0, 0.1) is 57.7 Å². The molecule has 9 rings (SSSR count). The zero-order chi connectivity index (χ0) is 33.9. The lowest BCUT2D eigenvalue weighted by Gasteiger charge is -2.54. The molecule has 0 aromatic carbocycles. The van der Waals surface area contributed by atoms with Gasteiger partial charge < -0.3 is 9.84 Å². The van der Waals surface area contributed by atoms with Crippen molar-refractivity contribution in [1.29, 1.82) is 0 Å². The number of hydrogen-bond acceptors (Lipinski definition) is 5. The highest BCUT2D eigenvalue weighted by Gasteiger charge is 2.65. The van der Waals surface area contributed by atoms with E-state index >= 15 is 0 Å². The zero-order valence-corrected chi connectivity index (χ0v) is 29.6.